The summed E-state index contributed by atoms with van der Waals surface area (Å²) in [7, 11) is 1.28. The molecule has 0 unspecified atom stereocenters. The average molecular weight is 324 g/mol. The van der Waals surface area contributed by atoms with Crippen LogP contribution in [-0.4, -0.2) is 49.4 Å². The SMILES string of the molecule is COC(=O)CCN(CCNC(C)=O)C(=O)Cc1ccc(F)cc1. The highest BCUT2D eigenvalue weighted by atomic mass is 19.1. The van der Waals surface area contributed by atoms with Crippen molar-refractivity contribution in [3.63, 3.8) is 0 Å². The molecule has 0 aliphatic carbocycles. The number of hydrogen-bond donors (Lipinski definition) is 1. The van der Waals surface area contributed by atoms with E-state index in [2.05, 4.69) is 10.1 Å². The van der Waals surface area contributed by atoms with E-state index in [4.69, 9.17) is 0 Å². The molecule has 1 aromatic rings. The maximum atomic E-state index is 12.9. The molecule has 0 aliphatic heterocycles. The van der Waals surface area contributed by atoms with Crippen molar-refractivity contribution in [3.05, 3.63) is 35.6 Å². The van der Waals surface area contributed by atoms with Crippen LogP contribution in [0.3, 0.4) is 0 Å². The van der Waals surface area contributed by atoms with Gasteiger partial charge in [-0.3, -0.25) is 14.4 Å². The normalized spacial score (nSPS) is 10.0. The van der Waals surface area contributed by atoms with Crippen LogP contribution in [0.25, 0.3) is 0 Å². The summed E-state index contributed by atoms with van der Waals surface area (Å²) in [5.74, 6) is -1.17. The number of ether oxygens (including phenoxy) is 1. The maximum Gasteiger partial charge on any atom is 0.307 e. The van der Waals surface area contributed by atoms with Gasteiger partial charge in [0.15, 0.2) is 0 Å². The Hall–Kier alpha value is -2.44. The predicted molar refractivity (Wildman–Crippen MR) is 82.0 cm³/mol. The van der Waals surface area contributed by atoms with E-state index < -0.39 is 5.97 Å². The molecule has 0 aromatic heterocycles. The summed E-state index contributed by atoms with van der Waals surface area (Å²) in [5.41, 5.74) is 0.680. The summed E-state index contributed by atoms with van der Waals surface area (Å²) < 4.78 is 17.5. The van der Waals surface area contributed by atoms with Gasteiger partial charge in [0.25, 0.3) is 0 Å². The van der Waals surface area contributed by atoms with Crippen molar-refractivity contribution < 1.29 is 23.5 Å². The summed E-state index contributed by atoms with van der Waals surface area (Å²) in [6.07, 6.45) is 0.174. The Morgan fingerprint density at radius 3 is 2.39 bits per heavy atom. The molecule has 0 bridgehead atoms. The van der Waals surface area contributed by atoms with Crippen molar-refractivity contribution in [3.8, 4) is 0 Å². The number of carbonyl (C=O) groups excluding carboxylic acids is 3. The molecular weight excluding hydrogens is 303 g/mol. The van der Waals surface area contributed by atoms with Crippen LogP contribution in [0.1, 0.15) is 18.9 Å². The summed E-state index contributed by atoms with van der Waals surface area (Å²) in [6, 6.07) is 5.66. The number of nitrogens with one attached hydrogen (secondary N) is 1. The quantitative estimate of drug-likeness (QED) is 0.721. The topological polar surface area (TPSA) is 75.7 Å². The van der Waals surface area contributed by atoms with Crippen molar-refractivity contribution in [2.45, 2.75) is 19.8 Å². The molecule has 2 amide bonds. The summed E-state index contributed by atoms with van der Waals surface area (Å²) in [4.78, 5) is 36.0. The smallest absolute Gasteiger partial charge is 0.307 e. The van der Waals surface area contributed by atoms with Crippen LogP contribution in [0.5, 0.6) is 0 Å². The van der Waals surface area contributed by atoms with Crippen LogP contribution in [0.2, 0.25) is 0 Å². The lowest BCUT2D eigenvalue weighted by Crippen LogP contribution is -2.40. The molecule has 0 fully saturated rings. The number of hydrogen-bond acceptors (Lipinski definition) is 4. The minimum absolute atomic E-state index is 0.0751. The Morgan fingerprint density at radius 1 is 1.17 bits per heavy atom. The van der Waals surface area contributed by atoms with Crippen LogP contribution in [-0.2, 0) is 25.5 Å². The van der Waals surface area contributed by atoms with Gasteiger partial charge < -0.3 is 15.0 Å². The second-order valence-electron chi connectivity index (χ2n) is 4.99. The minimum Gasteiger partial charge on any atom is -0.469 e. The van der Waals surface area contributed by atoms with Crippen LogP contribution >= 0.6 is 0 Å². The molecule has 1 rings (SSSR count). The first kappa shape index (κ1) is 18.6. The van der Waals surface area contributed by atoms with Crippen molar-refractivity contribution in [1.82, 2.24) is 10.2 Å². The second kappa shape index (κ2) is 9.55. The lowest BCUT2D eigenvalue weighted by atomic mass is 10.1. The zero-order valence-corrected chi connectivity index (χ0v) is 13.3. The lowest BCUT2D eigenvalue weighted by Gasteiger charge is -2.22. The molecule has 0 saturated carbocycles. The molecule has 23 heavy (non-hydrogen) atoms. The minimum atomic E-state index is -0.413. The molecule has 1 N–H and O–H groups in total. The number of methoxy groups -OCH3 is 1. The lowest BCUT2D eigenvalue weighted by molar-refractivity contribution is -0.141. The fourth-order valence-electron chi connectivity index (χ4n) is 1.95. The molecule has 126 valence electrons. The third kappa shape index (κ3) is 7.39. The average Bonchev–Trinajstić information content (AvgIpc) is 2.52. The van der Waals surface area contributed by atoms with Crippen LogP contribution in [0, 0.1) is 5.82 Å². The number of carbonyl (C=O) groups is 3. The molecule has 0 saturated heterocycles. The third-order valence-corrected chi connectivity index (χ3v) is 3.19. The van der Waals surface area contributed by atoms with E-state index in [1.807, 2.05) is 0 Å². The highest BCUT2D eigenvalue weighted by molar-refractivity contribution is 5.79. The van der Waals surface area contributed by atoms with Crippen molar-refractivity contribution in [2.75, 3.05) is 26.7 Å². The van der Waals surface area contributed by atoms with E-state index in [9.17, 15) is 18.8 Å². The van der Waals surface area contributed by atoms with E-state index >= 15 is 0 Å². The van der Waals surface area contributed by atoms with E-state index in [0.717, 1.165) is 0 Å². The fraction of sp³-hybridized carbons (Fsp3) is 0.438. The van der Waals surface area contributed by atoms with Crippen LogP contribution < -0.4 is 5.32 Å². The second-order valence-corrected chi connectivity index (χ2v) is 4.99. The first-order chi connectivity index (χ1) is 10.9. The number of benzene rings is 1. The van der Waals surface area contributed by atoms with Crippen molar-refractivity contribution >= 4 is 17.8 Å². The van der Waals surface area contributed by atoms with Gasteiger partial charge in [0.2, 0.25) is 11.8 Å². The number of amides is 2. The maximum absolute atomic E-state index is 12.9. The Labute approximate surface area is 134 Å². The highest BCUT2D eigenvalue weighted by Gasteiger charge is 2.16. The Balaban J connectivity index is 2.63. The molecule has 0 aliphatic rings. The van der Waals surface area contributed by atoms with Crippen molar-refractivity contribution in [1.29, 1.82) is 0 Å². The highest BCUT2D eigenvalue weighted by Crippen LogP contribution is 2.06. The fourth-order valence-corrected chi connectivity index (χ4v) is 1.95. The van der Waals surface area contributed by atoms with Gasteiger partial charge in [-0.25, -0.2) is 4.39 Å². The largest absolute Gasteiger partial charge is 0.469 e. The predicted octanol–water partition coefficient (Wildman–Crippen LogP) is 0.896. The van der Waals surface area contributed by atoms with Gasteiger partial charge in [-0.1, -0.05) is 12.1 Å². The van der Waals surface area contributed by atoms with Crippen molar-refractivity contribution in [2.24, 2.45) is 0 Å². The summed E-state index contributed by atoms with van der Waals surface area (Å²) >= 11 is 0. The third-order valence-electron chi connectivity index (χ3n) is 3.19. The standard InChI is InChI=1S/C16H21FN2O4/c1-12(20)18-8-10-19(9-7-16(22)23-2)15(21)11-13-3-5-14(17)6-4-13/h3-6H,7-11H2,1-2H3,(H,18,20). The van der Waals surface area contributed by atoms with Gasteiger partial charge in [-0.15, -0.1) is 0 Å². The van der Waals surface area contributed by atoms with Gasteiger partial charge >= 0.3 is 5.97 Å². The summed E-state index contributed by atoms with van der Waals surface area (Å²) in [5, 5.41) is 2.61. The number of esters is 1. The molecule has 0 radical (unpaired) electrons. The van der Waals surface area contributed by atoms with E-state index in [0.29, 0.717) is 12.1 Å². The molecule has 0 atom stereocenters. The number of rotatable bonds is 8. The van der Waals surface area contributed by atoms with Gasteiger partial charge in [-0.05, 0) is 17.7 Å². The number of halogens is 1. The zero-order valence-electron chi connectivity index (χ0n) is 13.3. The number of nitrogens with zero attached hydrogens (tertiary/aromatic N) is 1. The van der Waals surface area contributed by atoms with E-state index in [-0.39, 0.29) is 43.6 Å². The van der Waals surface area contributed by atoms with Gasteiger partial charge in [-0.2, -0.15) is 0 Å². The van der Waals surface area contributed by atoms with Crippen LogP contribution in [0.4, 0.5) is 4.39 Å². The van der Waals surface area contributed by atoms with E-state index in [1.54, 1.807) is 12.1 Å². The zero-order chi connectivity index (χ0) is 17.2. The summed E-state index contributed by atoms with van der Waals surface area (Å²) in [6.45, 7) is 2.17. The Kier molecular flexibility index (Phi) is 7.73. The van der Waals surface area contributed by atoms with Crippen LogP contribution in [0.15, 0.2) is 24.3 Å². The Morgan fingerprint density at radius 2 is 1.83 bits per heavy atom. The monoisotopic (exact) mass is 324 g/mol. The molecule has 0 heterocycles. The molecule has 1 aromatic carbocycles. The van der Waals surface area contributed by atoms with Gasteiger partial charge in [0, 0.05) is 26.6 Å². The molecular formula is C16H21FN2O4. The first-order valence-corrected chi connectivity index (χ1v) is 7.26. The molecule has 7 heteroatoms. The molecule has 6 nitrogen and oxygen atoms in total. The molecule has 0 spiro atoms. The van der Waals surface area contributed by atoms with Gasteiger partial charge in [0.05, 0.1) is 20.0 Å². The Bertz CT molecular complexity index is 546. The van der Waals surface area contributed by atoms with Gasteiger partial charge in [0.1, 0.15) is 5.82 Å². The first-order valence-electron chi connectivity index (χ1n) is 7.26. The van der Waals surface area contributed by atoms with E-state index in [1.165, 1.54) is 31.1 Å².